The van der Waals surface area contributed by atoms with E-state index in [9.17, 15) is 4.79 Å². The number of nitrogens with zero attached hydrogens (tertiary/aromatic N) is 2. The number of hydrogen-bond donors (Lipinski definition) is 1. The Hall–Kier alpha value is -2.62. The summed E-state index contributed by atoms with van der Waals surface area (Å²) in [4.78, 5) is 15.5. The van der Waals surface area contributed by atoms with Crippen molar-refractivity contribution in [3.8, 4) is 11.4 Å². The average molecular weight is 266 g/mol. The SMILES string of the molecule is Cc1cccc(-c2nc(CC(=O)O)c3ccccn23)c1. The van der Waals surface area contributed by atoms with Crippen molar-refractivity contribution in [1.29, 1.82) is 0 Å². The predicted octanol–water partition coefficient (Wildman–Crippen LogP) is 2.94. The molecule has 4 nitrogen and oxygen atoms in total. The summed E-state index contributed by atoms with van der Waals surface area (Å²) < 4.78 is 1.94. The zero-order chi connectivity index (χ0) is 14.1. The third kappa shape index (κ3) is 2.16. The molecule has 0 fully saturated rings. The van der Waals surface area contributed by atoms with Crippen molar-refractivity contribution in [1.82, 2.24) is 9.38 Å². The molecular formula is C16H14N2O2. The van der Waals surface area contributed by atoms with Crippen molar-refractivity contribution < 1.29 is 9.90 Å². The quantitative estimate of drug-likeness (QED) is 0.793. The molecule has 0 bridgehead atoms. The van der Waals surface area contributed by atoms with Gasteiger partial charge in [0.25, 0.3) is 0 Å². The Labute approximate surface area is 116 Å². The Morgan fingerprint density at radius 1 is 1.25 bits per heavy atom. The minimum Gasteiger partial charge on any atom is -0.481 e. The number of aromatic nitrogens is 2. The van der Waals surface area contributed by atoms with Crippen LogP contribution in [0.4, 0.5) is 0 Å². The second-order valence-electron chi connectivity index (χ2n) is 4.78. The normalized spacial score (nSPS) is 10.8. The minimum absolute atomic E-state index is 0.0701. The van der Waals surface area contributed by atoms with Crippen molar-refractivity contribution in [3.63, 3.8) is 0 Å². The maximum atomic E-state index is 11.0. The van der Waals surface area contributed by atoms with Crippen LogP contribution in [0.5, 0.6) is 0 Å². The Balaban J connectivity index is 2.23. The van der Waals surface area contributed by atoms with Gasteiger partial charge in [0.15, 0.2) is 0 Å². The van der Waals surface area contributed by atoms with E-state index in [0.29, 0.717) is 5.69 Å². The van der Waals surface area contributed by atoms with Gasteiger partial charge in [-0.2, -0.15) is 0 Å². The lowest BCUT2D eigenvalue weighted by atomic mass is 10.1. The molecule has 0 aliphatic rings. The number of carboxylic acids is 1. The summed E-state index contributed by atoms with van der Waals surface area (Å²) in [6, 6.07) is 13.7. The van der Waals surface area contributed by atoms with Crippen LogP contribution in [-0.2, 0) is 11.2 Å². The van der Waals surface area contributed by atoms with Crippen LogP contribution in [0.25, 0.3) is 16.9 Å². The van der Waals surface area contributed by atoms with Gasteiger partial charge in [-0.1, -0.05) is 29.8 Å². The molecule has 1 aromatic carbocycles. The summed E-state index contributed by atoms with van der Waals surface area (Å²) in [5.41, 5.74) is 3.57. The maximum Gasteiger partial charge on any atom is 0.309 e. The van der Waals surface area contributed by atoms with Crippen LogP contribution in [0.1, 0.15) is 11.3 Å². The van der Waals surface area contributed by atoms with Crippen LogP contribution in [0.3, 0.4) is 0 Å². The van der Waals surface area contributed by atoms with Crippen molar-refractivity contribution in [2.75, 3.05) is 0 Å². The smallest absolute Gasteiger partial charge is 0.309 e. The average Bonchev–Trinajstić information content (AvgIpc) is 2.77. The van der Waals surface area contributed by atoms with Gasteiger partial charge in [0.2, 0.25) is 0 Å². The van der Waals surface area contributed by atoms with Gasteiger partial charge in [-0.25, -0.2) is 4.98 Å². The van der Waals surface area contributed by atoms with E-state index < -0.39 is 5.97 Å². The number of rotatable bonds is 3. The molecule has 0 radical (unpaired) electrons. The molecular weight excluding hydrogens is 252 g/mol. The van der Waals surface area contributed by atoms with E-state index in [2.05, 4.69) is 4.98 Å². The van der Waals surface area contributed by atoms with E-state index in [0.717, 1.165) is 22.5 Å². The first kappa shape index (κ1) is 12.4. The molecule has 2 aromatic heterocycles. The Kier molecular flexibility index (Phi) is 2.99. The molecule has 0 aliphatic heterocycles. The second-order valence-corrected chi connectivity index (χ2v) is 4.78. The van der Waals surface area contributed by atoms with Gasteiger partial charge in [0, 0.05) is 11.8 Å². The van der Waals surface area contributed by atoms with E-state index in [4.69, 9.17) is 5.11 Å². The van der Waals surface area contributed by atoms with Gasteiger partial charge in [0.05, 0.1) is 17.6 Å². The van der Waals surface area contributed by atoms with Crippen molar-refractivity contribution in [2.24, 2.45) is 0 Å². The predicted molar refractivity (Wildman–Crippen MR) is 76.7 cm³/mol. The summed E-state index contributed by atoms with van der Waals surface area (Å²) in [6.45, 7) is 2.03. The molecule has 3 rings (SSSR count). The highest BCUT2D eigenvalue weighted by molar-refractivity contribution is 5.75. The van der Waals surface area contributed by atoms with E-state index in [1.165, 1.54) is 0 Å². The third-order valence-corrected chi connectivity index (χ3v) is 3.22. The first-order valence-electron chi connectivity index (χ1n) is 6.40. The highest BCUT2D eigenvalue weighted by Gasteiger charge is 2.14. The topological polar surface area (TPSA) is 54.6 Å². The molecule has 0 amide bonds. The molecule has 0 aliphatic carbocycles. The molecule has 0 saturated carbocycles. The third-order valence-electron chi connectivity index (χ3n) is 3.22. The zero-order valence-electron chi connectivity index (χ0n) is 11.1. The molecule has 0 atom stereocenters. The molecule has 20 heavy (non-hydrogen) atoms. The first-order valence-corrected chi connectivity index (χ1v) is 6.40. The van der Waals surface area contributed by atoms with Crippen molar-refractivity contribution in [3.05, 3.63) is 59.9 Å². The molecule has 100 valence electrons. The number of fused-ring (bicyclic) bond motifs is 1. The fourth-order valence-electron chi connectivity index (χ4n) is 2.36. The monoisotopic (exact) mass is 266 g/mol. The number of aliphatic carboxylic acids is 1. The molecule has 2 heterocycles. The molecule has 0 unspecified atom stereocenters. The second kappa shape index (κ2) is 4.81. The van der Waals surface area contributed by atoms with E-state index >= 15 is 0 Å². The summed E-state index contributed by atoms with van der Waals surface area (Å²) in [5, 5.41) is 9.00. The van der Waals surface area contributed by atoms with Gasteiger partial charge in [-0.05, 0) is 25.1 Å². The van der Waals surface area contributed by atoms with Crippen LogP contribution in [-0.4, -0.2) is 20.5 Å². The van der Waals surface area contributed by atoms with Crippen LogP contribution in [0.15, 0.2) is 48.7 Å². The van der Waals surface area contributed by atoms with Gasteiger partial charge >= 0.3 is 5.97 Å². The minimum atomic E-state index is -0.871. The number of hydrogen-bond acceptors (Lipinski definition) is 2. The lowest BCUT2D eigenvalue weighted by Gasteiger charge is -2.02. The van der Waals surface area contributed by atoms with Gasteiger partial charge in [-0.3, -0.25) is 9.20 Å². The van der Waals surface area contributed by atoms with E-state index in [-0.39, 0.29) is 6.42 Å². The lowest BCUT2D eigenvalue weighted by molar-refractivity contribution is -0.136. The van der Waals surface area contributed by atoms with Gasteiger partial charge < -0.3 is 5.11 Å². The fourth-order valence-corrected chi connectivity index (χ4v) is 2.36. The lowest BCUT2D eigenvalue weighted by Crippen LogP contribution is -2.00. The highest BCUT2D eigenvalue weighted by atomic mass is 16.4. The summed E-state index contributed by atoms with van der Waals surface area (Å²) in [6.07, 6.45) is 1.84. The van der Waals surface area contributed by atoms with Crippen molar-refractivity contribution >= 4 is 11.5 Å². The summed E-state index contributed by atoms with van der Waals surface area (Å²) in [7, 11) is 0. The number of aryl methyl sites for hydroxylation is 1. The summed E-state index contributed by atoms with van der Waals surface area (Å²) >= 11 is 0. The Morgan fingerprint density at radius 3 is 2.85 bits per heavy atom. The van der Waals surface area contributed by atoms with Gasteiger partial charge in [-0.15, -0.1) is 0 Å². The van der Waals surface area contributed by atoms with Crippen LogP contribution in [0, 0.1) is 6.92 Å². The molecule has 1 N–H and O–H groups in total. The van der Waals surface area contributed by atoms with E-state index in [1.54, 1.807) is 0 Å². The number of carboxylic acid groups (broad SMARTS) is 1. The Bertz CT molecular complexity index is 790. The molecule has 3 aromatic rings. The zero-order valence-corrected chi connectivity index (χ0v) is 11.1. The largest absolute Gasteiger partial charge is 0.481 e. The number of pyridine rings is 1. The molecule has 0 spiro atoms. The van der Waals surface area contributed by atoms with Crippen LogP contribution in [0.2, 0.25) is 0 Å². The van der Waals surface area contributed by atoms with Crippen LogP contribution >= 0.6 is 0 Å². The Morgan fingerprint density at radius 2 is 2.10 bits per heavy atom. The van der Waals surface area contributed by atoms with Gasteiger partial charge in [0.1, 0.15) is 5.82 Å². The number of carbonyl (C=O) groups is 1. The standard InChI is InChI=1S/C16H14N2O2/c1-11-5-4-6-12(9-11)16-17-13(10-15(19)20)14-7-2-3-8-18(14)16/h2-9H,10H2,1H3,(H,19,20). The highest BCUT2D eigenvalue weighted by Crippen LogP contribution is 2.23. The van der Waals surface area contributed by atoms with Crippen molar-refractivity contribution in [2.45, 2.75) is 13.3 Å². The van der Waals surface area contributed by atoms with E-state index in [1.807, 2.05) is 60.0 Å². The number of benzene rings is 1. The first-order chi connectivity index (χ1) is 9.65. The molecule has 0 saturated heterocycles. The van der Waals surface area contributed by atoms with Crippen LogP contribution < -0.4 is 0 Å². The molecule has 4 heteroatoms. The fraction of sp³-hybridized carbons (Fsp3) is 0.125. The summed E-state index contributed by atoms with van der Waals surface area (Å²) in [5.74, 6) is -0.0924. The number of imidazole rings is 1. The maximum absolute atomic E-state index is 11.0.